The summed E-state index contributed by atoms with van der Waals surface area (Å²) in [6.07, 6.45) is 0. The van der Waals surface area contributed by atoms with Gasteiger partial charge in [0.15, 0.2) is 34.9 Å². The van der Waals surface area contributed by atoms with Crippen LogP contribution in [0.4, 0.5) is 0 Å². The van der Waals surface area contributed by atoms with Gasteiger partial charge in [0.05, 0.1) is 54.5 Å². The standard InChI is InChI=1S/C57H35N5O.C57H35N5S/c1-4-14-36(15-5-1)55-58-56(37-16-6-2-7-17-37)60-57(59-55)40-26-30-53-47(34-40)48-35-42(27-31-54(48)63-53)62-50-23-13-11-21-44(50)46-33-39(25-29-52(46)62)38-24-28-51-45(32-38)43-20-10-12-22-49(43)61(51)41-18-8-3-9-19-41;1-4-16-36(17-5-1)55-58-56(37-18-6-2-7-19-37)60-57(59-55)45-26-14-24-43-44-25-15-29-52(54(44)63-53(43)45)62-49-28-13-11-23-42(49)47-35-39(31-33-51(47)62)38-30-32-50-46(34-38)41-22-10-12-27-48(41)61(50)40-20-8-3-9-21-40/h2*1-35H. The van der Waals surface area contributed by atoms with Crippen LogP contribution in [-0.2, 0) is 0 Å². The number of benzene rings is 18. The van der Waals surface area contributed by atoms with Gasteiger partial charge < -0.3 is 22.7 Å². The van der Waals surface area contributed by atoms with Crippen molar-refractivity contribution < 1.29 is 4.42 Å². The molecule has 0 saturated carbocycles. The molecule has 0 unspecified atom stereocenters. The topological polar surface area (TPSA) is 110 Å². The molecule has 126 heavy (non-hydrogen) atoms. The molecule has 0 saturated heterocycles. The fourth-order valence-corrected chi connectivity index (χ4v) is 20.2. The molecule has 0 fully saturated rings. The van der Waals surface area contributed by atoms with E-state index in [1.54, 1.807) is 0 Å². The van der Waals surface area contributed by atoms with Crippen LogP contribution < -0.4 is 0 Å². The van der Waals surface area contributed by atoms with Gasteiger partial charge in [-0.25, -0.2) is 29.9 Å². The first kappa shape index (κ1) is 72.1. The average Bonchev–Trinajstić information content (AvgIpc) is 1.57. The van der Waals surface area contributed by atoms with Crippen LogP contribution in [0, 0.1) is 0 Å². The Balaban J connectivity index is 0.000000137. The maximum Gasteiger partial charge on any atom is 0.165 e. The van der Waals surface area contributed by atoms with Gasteiger partial charge in [0, 0.05) is 120 Å². The zero-order valence-electron chi connectivity index (χ0n) is 67.7. The van der Waals surface area contributed by atoms with Crippen molar-refractivity contribution in [3.8, 4) is 113 Å². The molecule has 588 valence electrons. The quantitative estimate of drug-likeness (QED) is 0.120. The van der Waals surface area contributed by atoms with Crippen LogP contribution in [0.2, 0.25) is 0 Å². The van der Waals surface area contributed by atoms with Gasteiger partial charge in [-0.05, 0) is 168 Å². The van der Waals surface area contributed by atoms with Crippen LogP contribution in [0.5, 0.6) is 0 Å². The van der Waals surface area contributed by atoms with Crippen LogP contribution in [-0.4, -0.2) is 48.2 Å². The Bertz CT molecular complexity index is 8720. The molecule has 0 aliphatic rings. The number of nitrogens with zero attached hydrogens (tertiary/aromatic N) is 10. The van der Waals surface area contributed by atoms with Crippen molar-refractivity contribution in [3.05, 3.63) is 425 Å². The lowest BCUT2D eigenvalue weighted by Gasteiger charge is -2.10. The molecule has 8 aromatic heterocycles. The molecule has 0 bridgehead atoms. The molecule has 0 spiro atoms. The van der Waals surface area contributed by atoms with Gasteiger partial charge in [-0.2, -0.15) is 0 Å². The van der Waals surface area contributed by atoms with Crippen molar-refractivity contribution in [1.29, 1.82) is 0 Å². The second-order valence-electron chi connectivity index (χ2n) is 32.0. The summed E-state index contributed by atoms with van der Waals surface area (Å²) in [5.74, 6) is 3.83. The molecule has 18 aromatic carbocycles. The minimum atomic E-state index is 0.606. The Labute approximate surface area is 726 Å². The number of hydrogen-bond donors (Lipinski definition) is 0. The van der Waals surface area contributed by atoms with Crippen molar-refractivity contribution in [1.82, 2.24) is 48.2 Å². The van der Waals surface area contributed by atoms with Crippen molar-refractivity contribution in [2.75, 3.05) is 0 Å². The number of aromatic nitrogens is 10. The molecule has 26 aromatic rings. The number of thiophene rings is 1. The van der Waals surface area contributed by atoms with E-state index in [0.717, 1.165) is 93.8 Å². The maximum absolute atomic E-state index is 6.46. The fraction of sp³-hybridized carbons (Fsp3) is 0. The summed E-state index contributed by atoms with van der Waals surface area (Å²) in [5.41, 5.74) is 26.0. The van der Waals surface area contributed by atoms with Gasteiger partial charge >= 0.3 is 0 Å². The normalized spacial score (nSPS) is 11.8. The zero-order chi connectivity index (χ0) is 82.9. The minimum absolute atomic E-state index is 0.606. The second-order valence-corrected chi connectivity index (χ2v) is 33.0. The Hall–Kier alpha value is -16.8. The van der Waals surface area contributed by atoms with E-state index < -0.39 is 0 Å². The van der Waals surface area contributed by atoms with Gasteiger partial charge in [0.2, 0.25) is 0 Å². The monoisotopic (exact) mass is 1630 g/mol. The van der Waals surface area contributed by atoms with Crippen molar-refractivity contribution in [3.63, 3.8) is 0 Å². The zero-order valence-corrected chi connectivity index (χ0v) is 68.5. The number of hydrogen-bond acceptors (Lipinski definition) is 8. The van der Waals surface area contributed by atoms with E-state index in [-0.39, 0.29) is 0 Å². The summed E-state index contributed by atoms with van der Waals surface area (Å²) in [4.78, 5) is 30.2. The van der Waals surface area contributed by atoms with Gasteiger partial charge in [-0.3, -0.25) is 0 Å². The molecule has 11 nitrogen and oxygen atoms in total. The molecule has 0 atom stereocenters. The first-order valence-corrected chi connectivity index (χ1v) is 43.2. The van der Waals surface area contributed by atoms with E-state index in [1.807, 2.05) is 121 Å². The SMILES string of the molecule is c1ccc(-c2nc(-c3ccccc3)nc(-c3ccc4oc5ccc(-n6c7ccccc7c7cc(-c8ccc9c(c8)c8ccccc8n9-c8ccccc8)ccc76)cc5c4c3)n2)cc1.c1ccc(-c2nc(-c3ccccc3)nc(-c3cccc4c3sc3c(-n5c6ccccc6c6cc(-c7ccc8c(c7)c7ccccc7n8-c7ccccc7)ccc65)cccc34)n2)cc1. The third-order valence-electron chi connectivity index (χ3n) is 24.7. The predicted octanol–water partition coefficient (Wildman–Crippen LogP) is 29.7. The largest absolute Gasteiger partial charge is 0.456 e. The molecule has 0 aliphatic heterocycles. The summed E-state index contributed by atoms with van der Waals surface area (Å²) in [7, 11) is 0. The van der Waals surface area contributed by atoms with Gasteiger partial charge in [0.25, 0.3) is 0 Å². The summed E-state index contributed by atoms with van der Waals surface area (Å²) >= 11 is 1.81. The van der Waals surface area contributed by atoms with E-state index in [0.29, 0.717) is 34.9 Å². The van der Waals surface area contributed by atoms with Crippen LogP contribution in [0.15, 0.2) is 429 Å². The molecule has 12 heteroatoms. The summed E-state index contributed by atoms with van der Waals surface area (Å²) in [6.45, 7) is 0. The van der Waals surface area contributed by atoms with Crippen LogP contribution in [0.25, 0.3) is 243 Å². The lowest BCUT2D eigenvalue weighted by atomic mass is 10.0. The number of furan rings is 1. The molecule has 0 radical (unpaired) electrons. The van der Waals surface area contributed by atoms with E-state index in [1.165, 1.54) is 114 Å². The number of rotatable bonds is 12. The third kappa shape index (κ3) is 12.0. The van der Waals surface area contributed by atoms with Crippen LogP contribution in [0.1, 0.15) is 0 Å². The molecular weight excluding hydrogens is 1560 g/mol. The van der Waals surface area contributed by atoms with E-state index in [9.17, 15) is 0 Å². The Kier molecular flexibility index (Phi) is 16.9. The summed E-state index contributed by atoms with van der Waals surface area (Å²) in [5, 5.41) is 14.2. The lowest BCUT2D eigenvalue weighted by molar-refractivity contribution is 0.669. The molecule has 8 heterocycles. The van der Waals surface area contributed by atoms with Crippen LogP contribution in [0.3, 0.4) is 0 Å². The Morgan fingerprint density at radius 2 is 0.468 bits per heavy atom. The van der Waals surface area contributed by atoms with Crippen molar-refractivity contribution in [2.45, 2.75) is 0 Å². The summed E-state index contributed by atoms with van der Waals surface area (Å²) < 4.78 is 18.4. The molecule has 0 aliphatic carbocycles. The highest BCUT2D eigenvalue weighted by atomic mass is 32.1. The van der Waals surface area contributed by atoms with Crippen molar-refractivity contribution >= 4 is 141 Å². The van der Waals surface area contributed by atoms with Gasteiger partial charge in [-0.1, -0.05) is 279 Å². The Morgan fingerprint density at radius 1 is 0.175 bits per heavy atom. The van der Waals surface area contributed by atoms with E-state index in [2.05, 4.69) is 334 Å². The first-order chi connectivity index (χ1) is 62.5. The smallest absolute Gasteiger partial charge is 0.165 e. The second kappa shape index (κ2) is 29.5. The lowest BCUT2D eigenvalue weighted by Crippen LogP contribution is -2.00. The maximum atomic E-state index is 6.46. The molecule has 0 N–H and O–H groups in total. The van der Waals surface area contributed by atoms with Gasteiger partial charge in [0.1, 0.15) is 11.2 Å². The molecule has 26 rings (SSSR count). The van der Waals surface area contributed by atoms with E-state index >= 15 is 0 Å². The highest BCUT2D eigenvalue weighted by Crippen LogP contribution is 2.47. The molecule has 0 amide bonds. The first-order valence-electron chi connectivity index (χ1n) is 42.4. The van der Waals surface area contributed by atoms with Crippen molar-refractivity contribution in [2.24, 2.45) is 0 Å². The predicted molar refractivity (Wildman–Crippen MR) is 521 cm³/mol. The molecular formula is C114H70N10OS. The van der Waals surface area contributed by atoms with E-state index in [4.69, 9.17) is 34.3 Å². The van der Waals surface area contributed by atoms with Gasteiger partial charge in [-0.15, -0.1) is 11.3 Å². The Morgan fingerprint density at radius 3 is 0.889 bits per heavy atom. The minimum Gasteiger partial charge on any atom is -0.456 e. The van der Waals surface area contributed by atoms with Crippen LogP contribution >= 0.6 is 11.3 Å². The highest BCUT2D eigenvalue weighted by Gasteiger charge is 2.25. The third-order valence-corrected chi connectivity index (χ3v) is 26.0. The average molecular weight is 1630 g/mol. The summed E-state index contributed by atoms with van der Waals surface area (Å²) in [6, 6.07) is 150. The number of fused-ring (bicyclic) bond motifs is 18. The highest BCUT2D eigenvalue weighted by molar-refractivity contribution is 7.26. The fourth-order valence-electron chi connectivity index (χ4n) is 18.9. The number of para-hydroxylation sites is 6.